The van der Waals surface area contributed by atoms with Crippen molar-refractivity contribution in [2.45, 2.75) is 151 Å². The van der Waals surface area contributed by atoms with Gasteiger partial charge in [0, 0.05) is 12.1 Å². The van der Waals surface area contributed by atoms with Crippen molar-refractivity contribution in [2.24, 2.45) is 10.8 Å². The number of nitrogens with zero attached hydrogens (tertiary/aromatic N) is 2. The third-order valence-corrected chi connectivity index (χ3v) is 17.2. The van der Waals surface area contributed by atoms with Crippen molar-refractivity contribution >= 4 is 70.8 Å². The van der Waals surface area contributed by atoms with Crippen LogP contribution >= 0.6 is 23.5 Å². The number of nitrogens with one attached hydrogen (secondary N) is 8. The normalized spacial score (nSPS) is 28.1. The fraction of sp³-hybridized carbons (Fsp3) is 0.608. The van der Waals surface area contributed by atoms with E-state index >= 15 is 0 Å². The van der Waals surface area contributed by atoms with E-state index in [0.717, 1.165) is 0 Å². The largest absolute Gasteiger partial charge is 0.351 e. The summed E-state index contributed by atoms with van der Waals surface area (Å²) in [6.07, 6.45) is 4.12. The molecule has 71 heavy (non-hydrogen) atoms. The van der Waals surface area contributed by atoms with Gasteiger partial charge < -0.3 is 52.3 Å². The van der Waals surface area contributed by atoms with Gasteiger partial charge in [-0.15, -0.1) is 23.5 Å². The first kappa shape index (κ1) is 53.6. The van der Waals surface area contributed by atoms with Crippen LogP contribution in [-0.4, -0.2) is 142 Å². The van der Waals surface area contributed by atoms with E-state index in [9.17, 15) is 38.4 Å². The lowest BCUT2D eigenvalue weighted by Crippen LogP contribution is -2.59. The van der Waals surface area contributed by atoms with Crippen molar-refractivity contribution in [1.82, 2.24) is 52.3 Å². The van der Waals surface area contributed by atoms with Crippen LogP contribution in [0.5, 0.6) is 0 Å². The van der Waals surface area contributed by atoms with Gasteiger partial charge in [-0.3, -0.25) is 38.4 Å². The predicted octanol–water partition coefficient (Wildman–Crippen LogP) is 2.22. The number of likely N-dealkylation sites (N-methyl/N-ethyl adjacent to an activating group) is 2. The minimum atomic E-state index is -1.07. The van der Waals surface area contributed by atoms with Crippen LogP contribution in [0.15, 0.2) is 60.7 Å². The molecule has 0 radical (unpaired) electrons. The maximum atomic E-state index is 14.6. The third kappa shape index (κ3) is 12.4. The molecule has 2 aromatic rings. The molecule has 0 aromatic heterocycles. The zero-order valence-electron chi connectivity index (χ0n) is 41.9. The molecule has 1 unspecified atom stereocenters. The quantitative estimate of drug-likeness (QED) is 0.121. The van der Waals surface area contributed by atoms with E-state index in [1.54, 1.807) is 103 Å². The van der Waals surface area contributed by atoms with Gasteiger partial charge in [0.1, 0.15) is 36.3 Å². The molecule has 1 saturated carbocycles. The molecule has 4 aliphatic heterocycles. The molecule has 0 spiro atoms. The Kier molecular flexibility index (Phi) is 17.5. The van der Waals surface area contributed by atoms with Crippen molar-refractivity contribution < 1.29 is 38.4 Å². The maximum Gasteiger partial charge on any atom is 0.247 e. The lowest BCUT2D eigenvalue weighted by atomic mass is 9.83. The van der Waals surface area contributed by atoms with Crippen molar-refractivity contribution in [1.29, 1.82) is 0 Å². The van der Waals surface area contributed by atoms with Crippen LogP contribution in [0, 0.1) is 10.8 Å². The summed E-state index contributed by atoms with van der Waals surface area (Å²) in [5.74, 6) is -1.68. The summed E-state index contributed by atoms with van der Waals surface area (Å²) in [6.45, 7) is 9.58. The van der Waals surface area contributed by atoms with Crippen LogP contribution in [0.2, 0.25) is 0 Å². The van der Waals surface area contributed by atoms with E-state index < -0.39 is 76.8 Å². The summed E-state index contributed by atoms with van der Waals surface area (Å²) in [5, 5.41) is 23.3. The number of carbonyl (C=O) groups excluding carboxylic acids is 8. The predicted molar refractivity (Wildman–Crippen MR) is 273 cm³/mol. The molecule has 18 nitrogen and oxygen atoms in total. The fourth-order valence-electron chi connectivity index (χ4n) is 10.8. The number of fused-ring (bicyclic) bond motifs is 2. The van der Waals surface area contributed by atoms with Crippen molar-refractivity contribution in [3.8, 4) is 0 Å². The highest BCUT2D eigenvalue weighted by atomic mass is 32.2. The molecule has 1 aliphatic carbocycles. The smallest absolute Gasteiger partial charge is 0.247 e. The van der Waals surface area contributed by atoms with Crippen molar-refractivity contribution in [3.05, 3.63) is 71.8 Å². The molecule has 4 saturated heterocycles. The second kappa shape index (κ2) is 23.1. The summed E-state index contributed by atoms with van der Waals surface area (Å²) >= 11 is 3.20. The summed E-state index contributed by atoms with van der Waals surface area (Å²) < 4.78 is 0. The van der Waals surface area contributed by atoms with E-state index in [1.165, 1.54) is 0 Å². The Morgan fingerprint density at radius 1 is 0.592 bits per heavy atom. The number of hydrogen-bond acceptors (Lipinski definition) is 12. The van der Waals surface area contributed by atoms with Gasteiger partial charge in [0.15, 0.2) is 0 Å². The summed E-state index contributed by atoms with van der Waals surface area (Å²) in [6, 6.07) is 11.4. The number of rotatable bonds is 16. The molecule has 0 bridgehead atoms. The average Bonchev–Trinajstić information content (AvgIpc) is 3.66. The molecule has 5 fully saturated rings. The number of carbonyl (C=O) groups is 8. The first-order valence-corrected chi connectivity index (χ1v) is 27.0. The second-order valence-corrected chi connectivity index (χ2v) is 23.5. The Hall–Kier alpha value is -5.18. The lowest BCUT2D eigenvalue weighted by molar-refractivity contribution is -0.144. The van der Waals surface area contributed by atoms with Gasteiger partial charge in [0.05, 0.1) is 23.3 Å². The van der Waals surface area contributed by atoms with Gasteiger partial charge in [-0.1, -0.05) is 88.4 Å². The monoisotopic (exact) mass is 1020 g/mol. The number of hydrogen-bond donors (Lipinski definition) is 8. The zero-order valence-corrected chi connectivity index (χ0v) is 43.5. The van der Waals surface area contributed by atoms with Gasteiger partial charge in [0.25, 0.3) is 0 Å². The van der Waals surface area contributed by atoms with Crippen LogP contribution in [0.4, 0.5) is 0 Å². The van der Waals surface area contributed by atoms with E-state index in [4.69, 9.17) is 0 Å². The van der Waals surface area contributed by atoms with Crippen LogP contribution in [-0.2, 0) is 38.4 Å². The number of amides is 8. The van der Waals surface area contributed by atoms with Crippen LogP contribution in [0.25, 0.3) is 0 Å². The van der Waals surface area contributed by atoms with Crippen LogP contribution < -0.4 is 42.5 Å². The van der Waals surface area contributed by atoms with Gasteiger partial charge in [-0.2, -0.15) is 0 Å². The highest BCUT2D eigenvalue weighted by Gasteiger charge is 2.56. The molecule has 8 N–H and O–H groups in total. The van der Waals surface area contributed by atoms with E-state index in [2.05, 4.69) is 42.5 Å². The van der Waals surface area contributed by atoms with Gasteiger partial charge in [0.2, 0.25) is 47.3 Å². The van der Waals surface area contributed by atoms with Gasteiger partial charge in [-0.25, -0.2) is 0 Å². The SMILES string of the molecule is CNCC(=O)N[C@H]1CCS[C@H]2CC(C)(C)[C@@H](C(=O)N[C@H](C(=O)N[C@H]3CC[C@H](NC(=O)C(NC(=O)[C@H]4N5C(=O)[C@@H](NC(=O)[C@H](C)NC)CCS[C@H]5CC4(C)C)c4ccccc4)CC3)c3ccccc3)N2C1=O. The second-order valence-electron chi connectivity index (χ2n) is 20.9. The topological polar surface area (TPSA) is 239 Å². The van der Waals surface area contributed by atoms with Crippen molar-refractivity contribution in [3.63, 3.8) is 0 Å². The molecule has 386 valence electrons. The summed E-state index contributed by atoms with van der Waals surface area (Å²) in [4.78, 5) is 115. The highest BCUT2D eigenvalue weighted by molar-refractivity contribution is 8.00. The molecular formula is C51H72N10O8S2. The average molecular weight is 1020 g/mol. The molecule has 9 atom stereocenters. The van der Waals surface area contributed by atoms with E-state index in [-0.39, 0.29) is 53.0 Å². The maximum absolute atomic E-state index is 14.6. The Bertz CT molecular complexity index is 2280. The summed E-state index contributed by atoms with van der Waals surface area (Å²) in [7, 11) is 3.33. The summed E-state index contributed by atoms with van der Waals surface area (Å²) in [5.41, 5.74) is -0.111. The first-order valence-electron chi connectivity index (χ1n) is 24.9. The van der Waals surface area contributed by atoms with Gasteiger partial charge >= 0.3 is 0 Å². The fourth-order valence-corrected chi connectivity index (χ4v) is 14.0. The highest BCUT2D eigenvalue weighted by Crippen LogP contribution is 2.48. The zero-order chi connectivity index (χ0) is 51.2. The molecule has 5 aliphatic rings. The molecule has 8 amide bonds. The molecular weight excluding hydrogens is 945 g/mol. The molecule has 4 heterocycles. The number of benzene rings is 2. The molecule has 2 aromatic carbocycles. The molecule has 20 heteroatoms. The molecule has 7 rings (SSSR count). The Labute approximate surface area is 425 Å². The number of thioether (sulfide) groups is 2. The Balaban J connectivity index is 1.00. The van der Waals surface area contributed by atoms with E-state index in [1.807, 2.05) is 39.8 Å². The Morgan fingerprint density at radius 2 is 1.00 bits per heavy atom. The minimum absolute atomic E-state index is 0.0559. The van der Waals surface area contributed by atoms with Gasteiger partial charge in [-0.05, 0) is 106 Å². The first-order chi connectivity index (χ1) is 33.8. The van der Waals surface area contributed by atoms with Crippen LogP contribution in [0.3, 0.4) is 0 Å². The Morgan fingerprint density at radius 3 is 1.39 bits per heavy atom. The van der Waals surface area contributed by atoms with Crippen molar-refractivity contribution in [2.75, 3.05) is 32.1 Å². The lowest BCUT2D eigenvalue weighted by Gasteiger charge is -2.36. The third-order valence-electron chi connectivity index (χ3n) is 14.7. The minimum Gasteiger partial charge on any atom is -0.351 e. The van der Waals surface area contributed by atoms with Crippen LogP contribution in [0.1, 0.15) is 109 Å². The van der Waals surface area contributed by atoms with E-state index in [0.29, 0.717) is 74.0 Å². The standard InChI is InChI=1S/C51H72N10O8S2/c1-29(53-7)43(63)57-35-23-25-71-38-27-51(4,5)42(61(38)49(35)69)47(67)59-40(31-16-12-9-13-17-31)45(65)55-33-20-18-32(19-21-33)54-44(64)39(30-14-10-8-11-15-30)58-46(66)41-50(2,3)26-37-60(41)48(68)34(22-24-70-37)56-36(62)28-52-6/h8-17,29,32-35,37-42,52-53H,18-28H2,1-7H3,(H,54,64)(H,55,65)(H,56,62)(H,57,63)(H,58,66)(H,59,67)/t29-,32-,33-,34-,35-,37-,38-,39-,40?,41+,42+/m0/s1.